The molecule has 3 aromatic rings. The number of rotatable bonds is 2. The first-order chi connectivity index (χ1) is 12.4. The van der Waals surface area contributed by atoms with Crippen LogP contribution >= 0.6 is 0 Å². The molecule has 4 nitrogen and oxygen atoms in total. The van der Waals surface area contributed by atoms with Gasteiger partial charge in [-0.3, -0.25) is 0 Å². The van der Waals surface area contributed by atoms with E-state index in [1.165, 1.54) is 48.5 Å². The maximum absolute atomic E-state index is 12.6. The summed E-state index contributed by atoms with van der Waals surface area (Å²) in [5.41, 5.74) is 0. The quantitative estimate of drug-likeness (QED) is 0.511. The Hall–Kier alpha value is -3.48. The van der Waals surface area contributed by atoms with Gasteiger partial charge in [-0.15, -0.1) is 0 Å². The van der Waals surface area contributed by atoms with Crippen molar-refractivity contribution in [2.24, 2.45) is 0 Å². The Bertz CT molecular complexity index is 762. The lowest BCUT2D eigenvalue weighted by Gasteiger charge is -2.05. The minimum Gasteiger partial charge on any atom is -0.508 e. The number of hydrogen-bond donors (Lipinski definition) is 1. The van der Waals surface area contributed by atoms with Crippen LogP contribution in [0.3, 0.4) is 0 Å². The summed E-state index contributed by atoms with van der Waals surface area (Å²) in [6.07, 6.45) is -0.979. The second kappa shape index (κ2) is 9.12. The number of phenolic OH excluding ortho intramolecular Hbond substituents is 1. The first-order valence-electron chi connectivity index (χ1n) is 7.28. The van der Waals surface area contributed by atoms with Crippen LogP contribution in [0.2, 0.25) is 0 Å². The molecule has 0 aliphatic rings. The van der Waals surface area contributed by atoms with Crippen molar-refractivity contribution < 1.29 is 32.5 Å². The monoisotopic (exact) mass is 362 g/mol. The fourth-order valence-corrected chi connectivity index (χ4v) is 1.66. The molecule has 0 fully saturated rings. The summed E-state index contributed by atoms with van der Waals surface area (Å²) in [6, 6.07) is 14.8. The number of benzene rings is 3. The van der Waals surface area contributed by atoms with Crippen LogP contribution < -0.4 is 9.47 Å². The van der Waals surface area contributed by atoms with Gasteiger partial charge >= 0.3 is 6.16 Å². The molecule has 0 amide bonds. The van der Waals surface area contributed by atoms with E-state index in [4.69, 9.17) is 14.6 Å². The zero-order valence-electron chi connectivity index (χ0n) is 13.2. The third-order valence-electron chi connectivity index (χ3n) is 2.86. The normalized spacial score (nSPS) is 9.65. The molecule has 0 saturated heterocycles. The van der Waals surface area contributed by atoms with Crippen molar-refractivity contribution in [1.29, 1.82) is 0 Å². The Kier molecular flexibility index (Phi) is 6.61. The Morgan fingerprint density at radius 3 is 1.23 bits per heavy atom. The van der Waals surface area contributed by atoms with Gasteiger partial charge in [0.15, 0.2) is 0 Å². The van der Waals surface area contributed by atoms with Crippen LogP contribution in [0.15, 0.2) is 72.8 Å². The summed E-state index contributed by atoms with van der Waals surface area (Å²) in [7, 11) is 0. The Morgan fingerprint density at radius 2 is 0.923 bits per heavy atom. The van der Waals surface area contributed by atoms with Gasteiger partial charge in [0.05, 0.1) is 0 Å². The number of aromatic hydroxyl groups is 1. The Balaban J connectivity index is 0.000000254. The van der Waals surface area contributed by atoms with E-state index >= 15 is 0 Å². The first-order valence-corrected chi connectivity index (χ1v) is 7.28. The molecule has 3 aromatic carbocycles. The maximum Gasteiger partial charge on any atom is 0.519 e. The molecule has 26 heavy (non-hydrogen) atoms. The fourth-order valence-electron chi connectivity index (χ4n) is 1.66. The Labute approximate surface area is 147 Å². The van der Waals surface area contributed by atoms with Crippen molar-refractivity contribution in [2.75, 3.05) is 0 Å². The molecule has 0 spiro atoms. The topological polar surface area (TPSA) is 55.8 Å². The lowest BCUT2D eigenvalue weighted by Crippen LogP contribution is -2.13. The molecule has 1 N–H and O–H groups in total. The highest BCUT2D eigenvalue weighted by atomic mass is 19.1. The molecule has 3 rings (SSSR count). The zero-order valence-corrected chi connectivity index (χ0v) is 13.2. The van der Waals surface area contributed by atoms with Gasteiger partial charge in [0, 0.05) is 0 Å². The van der Waals surface area contributed by atoms with Crippen molar-refractivity contribution >= 4 is 6.16 Å². The molecular formula is C19H13F3O4. The summed E-state index contributed by atoms with van der Waals surface area (Å²) in [6.45, 7) is 0. The van der Waals surface area contributed by atoms with Crippen LogP contribution in [0.4, 0.5) is 18.0 Å². The first kappa shape index (κ1) is 18.9. The maximum atomic E-state index is 12.6. The lowest BCUT2D eigenvalue weighted by atomic mass is 10.3. The minimum atomic E-state index is -0.979. The summed E-state index contributed by atoms with van der Waals surface area (Å²) >= 11 is 0. The zero-order chi connectivity index (χ0) is 18.9. The van der Waals surface area contributed by atoms with Gasteiger partial charge in [-0.05, 0) is 72.8 Å². The molecule has 0 aromatic heterocycles. The molecule has 0 saturated carbocycles. The standard InChI is InChI=1S/C13H8F2O3.C6H5FO/c14-9-1-5-11(6-2-9)17-13(16)18-12-7-3-10(15)4-8-12;7-5-1-3-6(8)4-2-5/h1-8H;1-4,8H. The van der Waals surface area contributed by atoms with E-state index in [0.29, 0.717) is 0 Å². The van der Waals surface area contributed by atoms with Crippen molar-refractivity contribution in [3.05, 3.63) is 90.2 Å². The molecule has 7 heteroatoms. The van der Waals surface area contributed by atoms with Crippen LogP contribution in [0.5, 0.6) is 17.2 Å². The minimum absolute atomic E-state index is 0.0893. The van der Waals surface area contributed by atoms with E-state index in [-0.39, 0.29) is 23.1 Å². The van der Waals surface area contributed by atoms with Crippen LogP contribution in [-0.2, 0) is 0 Å². The van der Waals surface area contributed by atoms with Crippen molar-refractivity contribution in [3.63, 3.8) is 0 Å². The smallest absolute Gasteiger partial charge is 0.508 e. The van der Waals surface area contributed by atoms with Crippen LogP contribution in [0, 0.1) is 17.5 Å². The van der Waals surface area contributed by atoms with Crippen molar-refractivity contribution in [2.45, 2.75) is 0 Å². The van der Waals surface area contributed by atoms with Gasteiger partial charge in [0.1, 0.15) is 34.7 Å². The number of carbonyl (C=O) groups is 1. The predicted molar refractivity (Wildman–Crippen MR) is 87.5 cm³/mol. The number of hydrogen-bond acceptors (Lipinski definition) is 4. The largest absolute Gasteiger partial charge is 0.519 e. The second-order valence-electron chi connectivity index (χ2n) is 4.84. The summed E-state index contributed by atoms with van der Waals surface area (Å²) in [4.78, 5) is 11.3. The van der Waals surface area contributed by atoms with E-state index in [1.54, 1.807) is 0 Å². The van der Waals surface area contributed by atoms with Crippen LogP contribution in [0.1, 0.15) is 0 Å². The highest BCUT2D eigenvalue weighted by Gasteiger charge is 2.07. The van der Waals surface area contributed by atoms with Crippen molar-refractivity contribution in [3.8, 4) is 17.2 Å². The number of carbonyl (C=O) groups excluding carboxylic acids is 1. The average molecular weight is 362 g/mol. The van der Waals surface area contributed by atoms with E-state index in [2.05, 4.69) is 0 Å². The number of ether oxygens (including phenoxy) is 2. The third-order valence-corrected chi connectivity index (χ3v) is 2.86. The average Bonchev–Trinajstić information content (AvgIpc) is 2.62. The summed E-state index contributed by atoms with van der Waals surface area (Å²) in [5, 5.41) is 8.59. The summed E-state index contributed by atoms with van der Waals surface area (Å²) < 4.78 is 46.7. The predicted octanol–water partition coefficient (Wildman–Crippen LogP) is 5.07. The van der Waals surface area contributed by atoms with Crippen LogP contribution in [-0.4, -0.2) is 11.3 Å². The van der Waals surface area contributed by atoms with Gasteiger partial charge in [-0.1, -0.05) is 0 Å². The molecular weight excluding hydrogens is 349 g/mol. The van der Waals surface area contributed by atoms with E-state index < -0.39 is 17.8 Å². The van der Waals surface area contributed by atoms with Crippen molar-refractivity contribution in [1.82, 2.24) is 0 Å². The van der Waals surface area contributed by atoms with Gasteiger partial charge in [0.25, 0.3) is 0 Å². The van der Waals surface area contributed by atoms with E-state index in [0.717, 1.165) is 24.3 Å². The molecule has 0 atom stereocenters. The number of halogens is 3. The highest BCUT2D eigenvalue weighted by molar-refractivity contribution is 5.66. The molecule has 0 unspecified atom stereocenters. The van der Waals surface area contributed by atoms with Gasteiger partial charge in [-0.2, -0.15) is 0 Å². The molecule has 134 valence electrons. The number of phenols is 1. The van der Waals surface area contributed by atoms with E-state index in [9.17, 15) is 18.0 Å². The lowest BCUT2D eigenvalue weighted by molar-refractivity contribution is 0.152. The molecule has 0 bridgehead atoms. The van der Waals surface area contributed by atoms with Crippen LogP contribution in [0.25, 0.3) is 0 Å². The van der Waals surface area contributed by atoms with Gasteiger partial charge in [-0.25, -0.2) is 18.0 Å². The van der Waals surface area contributed by atoms with E-state index in [1.807, 2.05) is 0 Å². The molecule has 0 heterocycles. The van der Waals surface area contributed by atoms with Gasteiger partial charge in [0.2, 0.25) is 0 Å². The fraction of sp³-hybridized carbons (Fsp3) is 0. The molecule has 0 radical (unpaired) electrons. The SMILES string of the molecule is O=C(Oc1ccc(F)cc1)Oc1ccc(F)cc1.Oc1ccc(F)cc1. The van der Waals surface area contributed by atoms with Gasteiger partial charge < -0.3 is 14.6 Å². The second-order valence-corrected chi connectivity index (χ2v) is 4.84. The third kappa shape index (κ3) is 6.56. The molecule has 0 aliphatic carbocycles. The molecule has 0 aliphatic heterocycles. The Morgan fingerprint density at radius 1 is 0.615 bits per heavy atom. The highest BCUT2D eigenvalue weighted by Crippen LogP contribution is 2.15. The summed E-state index contributed by atoms with van der Waals surface area (Å²) in [5.74, 6) is -0.801.